The Morgan fingerprint density at radius 2 is 1.87 bits per heavy atom. The Morgan fingerprint density at radius 1 is 1.13 bits per heavy atom. The second kappa shape index (κ2) is 9.00. The highest BCUT2D eigenvalue weighted by Crippen LogP contribution is 2.40. The lowest BCUT2D eigenvalue weighted by Gasteiger charge is -2.33. The molecule has 160 valence electrons. The van der Waals surface area contributed by atoms with E-state index >= 15 is 0 Å². The maximum atomic E-state index is 13.4. The van der Waals surface area contributed by atoms with Crippen LogP contribution < -0.4 is 20.1 Å². The number of nitrogens with one attached hydrogen (secondary N) is 2. The highest BCUT2D eigenvalue weighted by molar-refractivity contribution is 5.98. The molecule has 2 unspecified atom stereocenters. The summed E-state index contributed by atoms with van der Waals surface area (Å²) in [5.41, 5.74) is 1.43. The first kappa shape index (κ1) is 20.6. The van der Waals surface area contributed by atoms with Crippen LogP contribution in [0.3, 0.4) is 0 Å². The van der Waals surface area contributed by atoms with E-state index in [2.05, 4.69) is 32.7 Å². The largest absolute Gasteiger partial charge is 0.480 e. The maximum Gasteiger partial charge on any atom is 0.262 e. The van der Waals surface area contributed by atoms with Gasteiger partial charge in [0.1, 0.15) is 5.82 Å². The number of hydrogen-bond donors (Lipinski definition) is 2. The second-order valence-corrected chi connectivity index (χ2v) is 8.28. The number of piperidine rings is 1. The van der Waals surface area contributed by atoms with Gasteiger partial charge in [-0.3, -0.25) is 4.79 Å². The van der Waals surface area contributed by atoms with Crippen molar-refractivity contribution in [1.29, 1.82) is 0 Å². The summed E-state index contributed by atoms with van der Waals surface area (Å²) >= 11 is 0. The van der Waals surface area contributed by atoms with Gasteiger partial charge in [0.15, 0.2) is 5.56 Å². The Kier molecular flexibility index (Phi) is 6.18. The van der Waals surface area contributed by atoms with E-state index in [9.17, 15) is 4.79 Å². The summed E-state index contributed by atoms with van der Waals surface area (Å²) in [5.74, 6) is 1.34. The normalized spacial score (nSPS) is 21.3. The van der Waals surface area contributed by atoms with Crippen LogP contribution in [0.5, 0.6) is 11.8 Å². The quantitative estimate of drug-likeness (QED) is 0.728. The fourth-order valence-electron chi connectivity index (χ4n) is 3.91. The Bertz CT molecular complexity index is 884. The van der Waals surface area contributed by atoms with Crippen LogP contribution in [0.4, 0.5) is 0 Å². The monoisotopic (exact) mass is 410 g/mol. The molecule has 0 radical (unpaired) electrons. The lowest BCUT2D eigenvalue weighted by Crippen LogP contribution is -2.48. The number of nitrogens with zero attached hydrogens (tertiary/aromatic N) is 2. The SMILES string of the molecule is COc1nc(C2CC2)nc(OC(C)C)c1C(=O)NC1CCCNC1c1ccccc1. The molecule has 1 saturated heterocycles. The van der Waals surface area contributed by atoms with Gasteiger partial charge < -0.3 is 20.1 Å². The minimum atomic E-state index is -0.264. The molecule has 1 aromatic carbocycles. The topological polar surface area (TPSA) is 85.4 Å². The van der Waals surface area contributed by atoms with Gasteiger partial charge in [0.05, 0.1) is 19.3 Å². The van der Waals surface area contributed by atoms with Gasteiger partial charge in [-0.1, -0.05) is 30.3 Å². The Labute approximate surface area is 177 Å². The molecule has 7 nitrogen and oxygen atoms in total. The lowest BCUT2D eigenvalue weighted by molar-refractivity contribution is 0.0905. The number of carbonyl (C=O) groups is 1. The van der Waals surface area contributed by atoms with Crippen molar-refractivity contribution in [1.82, 2.24) is 20.6 Å². The minimum absolute atomic E-state index is 0.0478. The molecule has 2 aliphatic rings. The van der Waals surface area contributed by atoms with E-state index in [4.69, 9.17) is 9.47 Å². The van der Waals surface area contributed by atoms with E-state index in [0.717, 1.165) is 37.8 Å². The average Bonchev–Trinajstić information content (AvgIpc) is 3.59. The van der Waals surface area contributed by atoms with E-state index < -0.39 is 0 Å². The molecule has 2 N–H and O–H groups in total. The van der Waals surface area contributed by atoms with Crippen molar-refractivity contribution in [2.45, 2.75) is 63.6 Å². The number of hydrogen-bond acceptors (Lipinski definition) is 6. The number of rotatable bonds is 7. The van der Waals surface area contributed by atoms with E-state index in [1.165, 1.54) is 7.11 Å². The summed E-state index contributed by atoms with van der Waals surface area (Å²) < 4.78 is 11.4. The molecule has 2 heterocycles. The van der Waals surface area contributed by atoms with Gasteiger partial charge in [-0.2, -0.15) is 9.97 Å². The summed E-state index contributed by atoms with van der Waals surface area (Å²) in [7, 11) is 1.53. The van der Waals surface area contributed by atoms with Crippen LogP contribution in [0.25, 0.3) is 0 Å². The second-order valence-electron chi connectivity index (χ2n) is 8.28. The van der Waals surface area contributed by atoms with Crippen molar-refractivity contribution in [3.05, 3.63) is 47.3 Å². The maximum absolute atomic E-state index is 13.4. The summed E-state index contributed by atoms with van der Waals surface area (Å²) in [6.45, 7) is 4.77. The summed E-state index contributed by atoms with van der Waals surface area (Å²) in [6.07, 6.45) is 3.89. The van der Waals surface area contributed by atoms with Gasteiger partial charge in [0, 0.05) is 12.0 Å². The predicted molar refractivity (Wildman–Crippen MR) is 114 cm³/mol. The number of amides is 1. The lowest BCUT2D eigenvalue weighted by atomic mass is 9.92. The molecule has 1 saturated carbocycles. The molecule has 30 heavy (non-hydrogen) atoms. The van der Waals surface area contributed by atoms with Crippen molar-refractivity contribution in [2.75, 3.05) is 13.7 Å². The van der Waals surface area contributed by atoms with Crippen LogP contribution in [0.15, 0.2) is 30.3 Å². The number of benzene rings is 1. The zero-order chi connectivity index (χ0) is 21.1. The van der Waals surface area contributed by atoms with E-state index in [-0.39, 0.29) is 35.5 Å². The highest BCUT2D eigenvalue weighted by atomic mass is 16.5. The van der Waals surface area contributed by atoms with Crippen molar-refractivity contribution >= 4 is 5.91 Å². The van der Waals surface area contributed by atoms with E-state index in [1.54, 1.807) is 0 Å². The average molecular weight is 411 g/mol. The Balaban J connectivity index is 1.63. The predicted octanol–water partition coefficient (Wildman–Crippen LogP) is 3.37. The smallest absolute Gasteiger partial charge is 0.262 e. The van der Waals surface area contributed by atoms with Gasteiger partial charge >= 0.3 is 0 Å². The van der Waals surface area contributed by atoms with E-state index in [0.29, 0.717) is 17.6 Å². The van der Waals surface area contributed by atoms with Crippen molar-refractivity contribution in [3.8, 4) is 11.8 Å². The Hall–Kier alpha value is -2.67. The summed E-state index contributed by atoms with van der Waals surface area (Å²) in [6, 6.07) is 10.2. The van der Waals surface area contributed by atoms with Crippen LogP contribution in [0.2, 0.25) is 0 Å². The molecule has 0 spiro atoms. The first-order valence-corrected chi connectivity index (χ1v) is 10.8. The van der Waals surface area contributed by atoms with Crippen LogP contribution in [0.1, 0.15) is 73.2 Å². The first-order valence-electron chi connectivity index (χ1n) is 10.8. The molecule has 0 bridgehead atoms. The molecule has 1 amide bonds. The molecule has 2 atom stereocenters. The van der Waals surface area contributed by atoms with Gasteiger partial charge in [-0.05, 0) is 51.6 Å². The van der Waals surface area contributed by atoms with Crippen molar-refractivity contribution < 1.29 is 14.3 Å². The van der Waals surface area contributed by atoms with Crippen LogP contribution in [0, 0.1) is 0 Å². The third kappa shape index (κ3) is 4.56. The van der Waals surface area contributed by atoms with Crippen LogP contribution >= 0.6 is 0 Å². The molecule has 1 aliphatic carbocycles. The number of ether oxygens (including phenoxy) is 2. The third-order valence-electron chi connectivity index (χ3n) is 5.50. The molecule has 2 fully saturated rings. The summed E-state index contributed by atoms with van der Waals surface area (Å²) in [5, 5.41) is 6.74. The van der Waals surface area contributed by atoms with E-state index in [1.807, 2.05) is 32.0 Å². The highest BCUT2D eigenvalue weighted by Gasteiger charge is 2.34. The Morgan fingerprint density at radius 3 is 2.53 bits per heavy atom. The van der Waals surface area contributed by atoms with Gasteiger partial charge in [-0.25, -0.2) is 0 Å². The molecular weight excluding hydrogens is 380 g/mol. The minimum Gasteiger partial charge on any atom is -0.480 e. The van der Waals surface area contributed by atoms with Crippen LogP contribution in [-0.4, -0.2) is 41.7 Å². The zero-order valence-electron chi connectivity index (χ0n) is 17.9. The van der Waals surface area contributed by atoms with Gasteiger partial charge in [-0.15, -0.1) is 0 Å². The first-order chi connectivity index (χ1) is 14.6. The van der Waals surface area contributed by atoms with Crippen LogP contribution in [-0.2, 0) is 0 Å². The van der Waals surface area contributed by atoms with Crippen molar-refractivity contribution in [3.63, 3.8) is 0 Å². The number of carbonyl (C=O) groups excluding carboxylic acids is 1. The molecule has 1 aliphatic heterocycles. The standard InChI is InChI=1S/C23H30N4O3/c1-14(2)30-23-18(22(29-3)26-20(27-23)16-11-12-16)21(28)25-17-10-7-13-24-19(17)15-8-5-4-6-9-15/h4-6,8-9,14,16-17,19,24H,7,10-13H2,1-3H3,(H,25,28). The molecular formula is C23H30N4O3. The summed E-state index contributed by atoms with van der Waals surface area (Å²) in [4.78, 5) is 22.5. The zero-order valence-corrected chi connectivity index (χ0v) is 17.9. The number of methoxy groups -OCH3 is 1. The molecule has 2 aromatic rings. The fraction of sp³-hybridized carbons (Fsp3) is 0.522. The molecule has 4 rings (SSSR count). The van der Waals surface area contributed by atoms with Crippen molar-refractivity contribution in [2.24, 2.45) is 0 Å². The van der Waals surface area contributed by atoms with Gasteiger partial charge in [0.25, 0.3) is 5.91 Å². The third-order valence-corrected chi connectivity index (χ3v) is 5.50. The fourth-order valence-corrected chi connectivity index (χ4v) is 3.91. The van der Waals surface area contributed by atoms with Gasteiger partial charge in [0.2, 0.25) is 11.8 Å². The number of aromatic nitrogens is 2. The molecule has 7 heteroatoms. The molecule has 1 aromatic heterocycles.